The van der Waals surface area contributed by atoms with Gasteiger partial charge >= 0.3 is 0 Å². The lowest BCUT2D eigenvalue weighted by Crippen LogP contribution is -2.12. The summed E-state index contributed by atoms with van der Waals surface area (Å²) >= 11 is 0. The molecule has 0 aliphatic carbocycles. The normalized spacial score (nSPS) is 10.9. The van der Waals surface area contributed by atoms with Crippen LogP contribution in [0.2, 0.25) is 0 Å². The number of hydrogen-bond donors (Lipinski definition) is 3. The number of nitrogens with one attached hydrogen (secondary N) is 3. The Morgan fingerprint density at radius 3 is 2.83 bits per heavy atom. The molecule has 0 bridgehead atoms. The molecular formula is C20H19N7O2. The van der Waals surface area contributed by atoms with Crippen LogP contribution in [-0.4, -0.2) is 36.9 Å². The van der Waals surface area contributed by atoms with Crippen molar-refractivity contribution in [2.75, 3.05) is 10.6 Å². The van der Waals surface area contributed by atoms with Crippen molar-refractivity contribution in [1.29, 1.82) is 0 Å². The molecule has 4 rings (SSSR count). The van der Waals surface area contributed by atoms with E-state index in [0.717, 1.165) is 27.9 Å². The zero-order valence-corrected chi connectivity index (χ0v) is 16.1. The first kappa shape index (κ1) is 18.4. The number of H-pyrrole nitrogens is 1. The van der Waals surface area contributed by atoms with Crippen LogP contribution in [0.4, 0.5) is 17.5 Å². The number of carbonyl (C=O) groups excluding carboxylic acids is 2. The number of aryl methyl sites for hydroxylation is 3. The maximum atomic E-state index is 11.5. The third kappa shape index (κ3) is 3.45. The van der Waals surface area contributed by atoms with Crippen LogP contribution in [-0.2, 0) is 16.6 Å². The number of nitrogens with zero attached hydrogens (tertiary/aromatic N) is 4. The number of amides is 1. The van der Waals surface area contributed by atoms with Crippen LogP contribution in [0.5, 0.6) is 0 Å². The molecule has 1 amide bonds. The molecule has 0 saturated carbocycles. The Morgan fingerprint density at radius 1 is 1.28 bits per heavy atom. The van der Waals surface area contributed by atoms with Crippen LogP contribution in [0.1, 0.15) is 11.3 Å². The van der Waals surface area contributed by atoms with Gasteiger partial charge in [-0.05, 0) is 25.5 Å². The predicted octanol–water partition coefficient (Wildman–Crippen LogP) is 2.86. The number of benzene rings is 1. The topological polar surface area (TPSA) is 118 Å². The maximum Gasteiger partial charge on any atom is 0.288 e. The van der Waals surface area contributed by atoms with Crippen LogP contribution >= 0.6 is 0 Å². The van der Waals surface area contributed by atoms with Gasteiger partial charge in [0.05, 0.1) is 16.9 Å². The smallest absolute Gasteiger partial charge is 0.288 e. The molecule has 0 atom stereocenters. The van der Waals surface area contributed by atoms with E-state index in [0.29, 0.717) is 23.0 Å². The van der Waals surface area contributed by atoms with Crippen molar-refractivity contribution >= 4 is 40.5 Å². The van der Waals surface area contributed by atoms with Crippen LogP contribution in [0.25, 0.3) is 22.2 Å². The number of fused-ring (bicyclic) bond motifs is 1. The molecule has 0 saturated heterocycles. The Balaban J connectivity index is 1.74. The quantitative estimate of drug-likeness (QED) is 0.357. The molecule has 0 spiro atoms. The average Bonchev–Trinajstić information content (AvgIpc) is 3.27. The summed E-state index contributed by atoms with van der Waals surface area (Å²) in [4.78, 5) is 34.3. The Hall–Kier alpha value is -4.01. The Kier molecular flexibility index (Phi) is 4.55. The van der Waals surface area contributed by atoms with Gasteiger partial charge in [0.2, 0.25) is 12.2 Å². The molecule has 9 heteroatoms. The first-order chi connectivity index (χ1) is 14.0. The van der Waals surface area contributed by atoms with Crippen molar-refractivity contribution in [2.45, 2.75) is 13.8 Å². The second-order valence-electron chi connectivity index (χ2n) is 6.68. The highest BCUT2D eigenvalue weighted by molar-refractivity contribution is 6.30. The van der Waals surface area contributed by atoms with E-state index in [1.54, 1.807) is 16.9 Å². The number of aromatic nitrogens is 5. The van der Waals surface area contributed by atoms with Crippen molar-refractivity contribution in [3.8, 4) is 11.3 Å². The number of rotatable bonds is 5. The zero-order chi connectivity index (χ0) is 20.5. The van der Waals surface area contributed by atoms with Gasteiger partial charge in [-0.3, -0.25) is 14.3 Å². The van der Waals surface area contributed by atoms with Gasteiger partial charge in [-0.15, -0.1) is 0 Å². The van der Waals surface area contributed by atoms with Gasteiger partial charge in [-0.1, -0.05) is 12.1 Å². The van der Waals surface area contributed by atoms with E-state index in [2.05, 4.69) is 30.7 Å². The number of aldehydes is 1. The average molecular weight is 389 g/mol. The van der Waals surface area contributed by atoms with Gasteiger partial charge in [-0.2, -0.15) is 5.10 Å². The van der Waals surface area contributed by atoms with Crippen molar-refractivity contribution in [2.24, 2.45) is 7.05 Å². The first-order valence-corrected chi connectivity index (χ1v) is 8.94. The van der Waals surface area contributed by atoms with Crippen LogP contribution < -0.4 is 10.6 Å². The highest BCUT2D eigenvalue weighted by Crippen LogP contribution is 2.33. The molecule has 3 N–H and O–H groups in total. The largest absolute Gasteiger partial charge is 0.359 e. The van der Waals surface area contributed by atoms with E-state index in [4.69, 9.17) is 0 Å². The molecule has 29 heavy (non-hydrogen) atoms. The minimum Gasteiger partial charge on any atom is -0.359 e. The first-order valence-electron chi connectivity index (χ1n) is 8.94. The number of para-hydroxylation sites is 1. The zero-order valence-electron chi connectivity index (χ0n) is 16.1. The summed E-state index contributed by atoms with van der Waals surface area (Å²) in [6.07, 6.45) is 3.82. The van der Waals surface area contributed by atoms with E-state index in [1.165, 1.54) is 0 Å². The maximum absolute atomic E-state index is 11.5. The Labute approximate surface area is 166 Å². The highest BCUT2D eigenvalue weighted by atomic mass is 16.2. The number of aromatic amines is 1. The van der Waals surface area contributed by atoms with Crippen LogP contribution in [0.3, 0.4) is 0 Å². The molecule has 9 nitrogen and oxygen atoms in total. The predicted molar refractivity (Wildman–Crippen MR) is 110 cm³/mol. The summed E-state index contributed by atoms with van der Waals surface area (Å²) in [6, 6.07) is 7.38. The molecular weight excluding hydrogens is 370 g/mol. The summed E-state index contributed by atoms with van der Waals surface area (Å²) in [6.45, 7) is 3.90. The SMILES string of the molecule is Cc1cnc(Nc2cc(C)n(C)n2)nc1-c1c[nH]c2c(NC(=O)C=O)cccc12. The van der Waals surface area contributed by atoms with Gasteiger partial charge in [0.15, 0.2) is 5.82 Å². The third-order valence-corrected chi connectivity index (χ3v) is 4.66. The van der Waals surface area contributed by atoms with E-state index < -0.39 is 5.91 Å². The monoisotopic (exact) mass is 389 g/mol. The minimum absolute atomic E-state index is 0.245. The van der Waals surface area contributed by atoms with Gasteiger partial charge in [0.25, 0.3) is 5.91 Å². The summed E-state index contributed by atoms with van der Waals surface area (Å²) in [5.41, 5.74) is 4.77. The van der Waals surface area contributed by atoms with E-state index in [1.807, 2.05) is 45.3 Å². The Bertz CT molecular complexity index is 1220. The second-order valence-corrected chi connectivity index (χ2v) is 6.68. The molecule has 1 aromatic carbocycles. The molecule has 3 aromatic heterocycles. The fourth-order valence-electron chi connectivity index (χ4n) is 3.13. The van der Waals surface area contributed by atoms with E-state index in [9.17, 15) is 9.59 Å². The standard InChI is InChI=1S/C20H19N7O2/c1-11-8-22-20(24-16-7-12(2)27(3)26-16)25-18(11)14-9-21-19-13(14)5-4-6-15(19)23-17(29)10-28/h4-10,21H,1-3H3,(H,23,29)(H,22,24,25,26). The molecule has 4 aromatic rings. The van der Waals surface area contributed by atoms with Crippen molar-refractivity contribution < 1.29 is 9.59 Å². The number of hydrogen-bond acceptors (Lipinski definition) is 6. The minimum atomic E-state index is -0.705. The molecule has 0 fully saturated rings. The lowest BCUT2D eigenvalue weighted by molar-refractivity contribution is -0.127. The third-order valence-electron chi connectivity index (χ3n) is 4.66. The molecule has 0 radical (unpaired) electrons. The number of anilines is 3. The van der Waals surface area contributed by atoms with Crippen molar-refractivity contribution in [1.82, 2.24) is 24.7 Å². The molecule has 0 aliphatic rings. The molecule has 3 heterocycles. The van der Waals surface area contributed by atoms with Gasteiger partial charge < -0.3 is 15.6 Å². The summed E-state index contributed by atoms with van der Waals surface area (Å²) in [5, 5.41) is 10.9. The van der Waals surface area contributed by atoms with Gasteiger partial charge in [-0.25, -0.2) is 9.97 Å². The highest BCUT2D eigenvalue weighted by Gasteiger charge is 2.15. The summed E-state index contributed by atoms with van der Waals surface area (Å²) < 4.78 is 1.77. The summed E-state index contributed by atoms with van der Waals surface area (Å²) in [7, 11) is 1.87. The van der Waals surface area contributed by atoms with Crippen molar-refractivity contribution in [3.63, 3.8) is 0 Å². The molecule has 0 unspecified atom stereocenters. The number of carbonyl (C=O) groups is 2. The van der Waals surface area contributed by atoms with Gasteiger partial charge in [0.1, 0.15) is 0 Å². The fourth-order valence-corrected chi connectivity index (χ4v) is 3.13. The van der Waals surface area contributed by atoms with Crippen molar-refractivity contribution in [3.05, 3.63) is 47.9 Å². The summed E-state index contributed by atoms with van der Waals surface area (Å²) in [5.74, 6) is 0.394. The van der Waals surface area contributed by atoms with Gasteiger partial charge in [0, 0.05) is 42.2 Å². The second kappa shape index (κ2) is 7.19. The lowest BCUT2D eigenvalue weighted by atomic mass is 10.1. The molecule has 146 valence electrons. The molecule has 0 aliphatic heterocycles. The Morgan fingerprint density at radius 2 is 2.10 bits per heavy atom. The van der Waals surface area contributed by atoms with E-state index >= 15 is 0 Å². The van der Waals surface area contributed by atoms with Crippen LogP contribution in [0, 0.1) is 13.8 Å². The lowest BCUT2D eigenvalue weighted by Gasteiger charge is -2.08. The van der Waals surface area contributed by atoms with Crippen LogP contribution in [0.15, 0.2) is 36.7 Å². The van der Waals surface area contributed by atoms with E-state index in [-0.39, 0.29) is 6.29 Å². The fraction of sp³-hybridized carbons (Fsp3) is 0.150.